The lowest BCUT2D eigenvalue weighted by Crippen LogP contribution is -2.23. The topological polar surface area (TPSA) is 47.0 Å². The lowest BCUT2D eigenvalue weighted by atomic mass is 9.89. The lowest BCUT2D eigenvalue weighted by molar-refractivity contribution is 0.129. The van der Waals surface area contributed by atoms with Crippen LogP contribution in [0.25, 0.3) is 0 Å². The second-order valence-electron chi connectivity index (χ2n) is 6.00. The Bertz CT molecular complexity index is 394. The zero-order valence-corrected chi connectivity index (χ0v) is 11.6. The summed E-state index contributed by atoms with van der Waals surface area (Å²) in [6.07, 6.45) is 11.4. The maximum absolute atomic E-state index is 5.90. The molecule has 104 valence electrons. The van der Waals surface area contributed by atoms with E-state index in [2.05, 4.69) is 22.2 Å². The highest BCUT2D eigenvalue weighted by Crippen LogP contribution is 2.26. The Morgan fingerprint density at radius 3 is 2.53 bits per heavy atom. The van der Waals surface area contributed by atoms with Gasteiger partial charge in [0.2, 0.25) is 5.88 Å². The first-order chi connectivity index (χ1) is 9.29. The van der Waals surface area contributed by atoms with E-state index in [1.54, 1.807) is 6.20 Å². The highest BCUT2D eigenvalue weighted by Gasteiger charge is 2.21. The maximum Gasteiger partial charge on any atom is 0.232 e. The standard InChI is InChI=1S/C15H23N3O/c1-11-2-6-14(7-3-11)19-15-10-17-13(9-18-15)8-16-12-4-5-12/h9-12,14,16H,2-8H2,1H3. The van der Waals surface area contributed by atoms with E-state index in [1.807, 2.05) is 6.20 Å². The Kier molecular flexibility index (Phi) is 3.97. The molecule has 1 aromatic rings. The summed E-state index contributed by atoms with van der Waals surface area (Å²) in [7, 11) is 0. The highest BCUT2D eigenvalue weighted by molar-refractivity contribution is 5.08. The normalized spacial score (nSPS) is 27.2. The molecule has 0 saturated heterocycles. The van der Waals surface area contributed by atoms with Crippen LogP contribution in [0.15, 0.2) is 12.4 Å². The average Bonchev–Trinajstić information content (AvgIpc) is 3.25. The van der Waals surface area contributed by atoms with Gasteiger partial charge in [-0.05, 0) is 44.4 Å². The number of nitrogens with one attached hydrogen (secondary N) is 1. The number of nitrogens with zero attached hydrogens (tertiary/aromatic N) is 2. The minimum Gasteiger partial charge on any atom is -0.473 e. The Labute approximate surface area is 115 Å². The molecule has 3 rings (SSSR count). The molecule has 0 aliphatic heterocycles. The fraction of sp³-hybridized carbons (Fsp3) is 0.733. The van der Waals surface area contributed by atoms with Gasteiger partial charge in [0.1, 0.15) is 6.10 Å². The van der Waals surface area contributed by atoms with Gasteiger partial charge in [-0.3, -0.25) is 4.98 Å². The molecule has 19 heavy (non-hydrogen) atoms. The van der Waals surface area contributed by atoms with E-state index in [1.165, 1.54) is 25.7 Å². The molecule has 0 radical (unpaired) electrons. The third-order valence-electron chi connectivity index (χ3n) is 4.08. The average molecular weight is 261 g/mol. The molecule has 0 unspecified atom stereocenters. The predicted octanol–water partition coefficient (Wildman–Crippen LogP) is 2.69. The van der Waals surface area contributed by atoms with Gasteiger partial charge < -0.3 is 10.1 Å². The molecule has 1 heterocycles. The summed E-state index contributed by atoms with van der Waals surface area (Å²) >= 11 is 0. The van der Waals surface area contributed by atoms with Crippen LogP contribution in [-0.2, 0) is 6.54 Å². The molecule has 4 nitrogen and oxygen atoms in total. The summed E-state index contributed by atoms with van der Waals surface area (Å²) in [6.45, 7) is 3.14. The van der Waals surface area contributed by atoms with Crippen molar-refractivity contribution in [3.8, 4) is 5.88 Å². The molecule has 0 bridgehead atoms. The first-order valence-electron chi connectivity index (χ1n) is 7.50. The van der Waals surface area contributed by atoms with E-state index in [-0.39, 0.29) is 0 Å². The molecule has 0 spiro atoms. The first kappa shape index (κ1) is 12.9. The van der Waals surface area contributed by atoms with Gasteiger partial charge in [-0.2, -0.15) is 0 Å². The summed E-state index contributed by atoms with van der Waals surface area (Å²) in [5, 5.41) is 3.44. The van der Waals surface area contributed by atoms with Gasteiger partial charge in [0.05, 0.1) is 18.1 Å². The molecule has 2 saturated carbocycles. The molecule has 0 aromatic carbocycles. The number of hydrogen-bond acceptors (Lipinski definition) is 4. The SMILES string of the molecule is CC1CCC(Oc2cnc(CNC3CC3)cn2)CC1. The van der Waals surface area contributed by atoms with Crippen molar-refractivity contribution in [3.05, 3.63) is 18.1 Å². The van der Waals surface area contributed by atoms with Crippen LogP contribution in [0.5, 0.6) is 5.88 Å². The van der Waals surface area contributed by atoms with E-state index < -0.39 is 0 Å². The van der Waals surface area contributed by atoms with Crippen molar-refractivity contribution >= 4 is 0 Å². The van der Waals surface area contributed by atoms with Crippen LogP contribution in [0, 0.1) is 5.92 Å². The number of hydrogen-bond donors (Lipinski definition) is 1. The second-order valence-corrected chi connectivity index (χ2v) is 6.00. The summed E-state index contributed by atoms with van der Waals surface area (Å²) in [4.78, 5) is 8.77. The lowest BCUT2D eigenvalue weighted by Gasteiger charge is -2.26. The fourth-order valence-electron chi connectivity index (χ4n) is 2.55. The van der Waals surface area contributed by atoms with Crippen molar-refractivity contribution in [1.29, 1.82) is 0 Å². The van der Waals surface area contributed by atoms with Gasteiger partial charge >= 0.3 is 0 Å². The molecule has 2 aliphatic rings. The van der Waals surface area contributed by atoms with Crippen LogP contribution in [0.2, 0.25) is 0 Å². The van der Waals surface area contributed by atoms with Crippen LogP contribution in [0.4, 0.5) is 0 Å². The van der Waals surface area contributed by atoms with Crippen molar-refractivity contribution in [2.45, 2.75) is 64.1 Å². The smallest absolute Gasteiger partial charge is 0.232 e. The predicted molar refractivity (Wildman–Crippen MR) is 73.9 cm³/mol. The van der Waals surface area contributed by atoms with Crippen molar-refractivity contribution < 1.29 is 4.74 Å². The monoisotopic (exact) mass is 261 g/mol. The second kappa shape index (κ2) is 5.87. The molecule has 4 heteroatoms. The van der Waals surface area contributed by atoms with Crippen LogP contribution in [0.1, 0.15) is 51.1 Å². The minimum absolute atomic E-state index is 0.334. The fourth-order valence-corrected chi connectivity index (χ4v) is 2.55. The van der Waals surface area contributed by atoms with Gasteiger partial charge in [-0.1, -0.05) is 6.92 Å². The van der Waals surface area contributed by atoms with Crippen molar-refractivity contribution in [3.63, 3.8) is 0 Å². The Balaban J connectivity index is 1.47. The molecule has 2 fully saturated rings. The zero-order chi connectivity index (χ0) is 13.1. The largest absolute Gasteiger partial charge is 0.473 e. The minimum atomic E-state index is 0.334. The van der Waals surface area contributed by atoms with Crippen molar-refractivity contribution in [1.82, 2.24) is 15.3 Å². The van der Waals surface area contributed by atoms with Gasteiger partial charge in [0.15, 0.2) is 0 Å². The molecule has 1 aromatic heterocycles. The maximum atomic E-state index is 5.90. The van der Waals surface area contributed by atoms with E-state index in [9.17, 15) is 0 Å². The van der Waals surface area contributed by atoms with Gasteiger partial charge in [-0.15, -0.1) is 0 Å². The van der Waals surface area contributed by atoms with Gasteiger partial charge in [0.25, 0.3) is 0 Å². The van der Waals surface area contributed by atoms with Crippen LogP contribution in [0.3, 0.4) is 0 Å². The van der Waals surface area contributed by atoms with Crippen molar-refractivity contribution in [2.24, 2.45) is 5.92 Å². The molecular formula is C15H23N3O. The summed E-state index contributed by atoms with van der Waals surface area (Å²) in [6, 6.07) is 0.710. The van der Waals surface area contributed by atoms with E-state index in [4.69, 9.17) is 4.74 Å². The van der Waals surface area contributed by atoms with E-state index in [0.717, 1.165) is 31.0 Å². The third-order valence-corrected chi connectivity index (χ3v) is 4.08. The first-order valence-corrected chi connectivity index (χ1v) is 7.50. The zero-order valence-electron chi connectivity index (χ0n) is 11.6. The molecular weight excluding hydrogens is 238 g/mol. The summed E-state index contributed by atoms with van der Waals surface area (Å²) in [5.41, 5.74) is 0.997. The summed E-state index contributed by atoms with van der Waals surface area (Å²) < 4.78 is 5.90. The highest BCUT2D eigenvalue weighted by atomic mass is 16.5. The molecule has 0 amide bonds. The quantitative estimate of drug-likeness (QED) is 0.885. The van der Waals surface area contributed by atoms with E-state index >= 15 is 0 Å². The molecule has 2 aliphatic carbocycles. The molecule has 0 atom stereocenters. The molecule has 1 N–H and O–H groups in total. The number of aromatic nitrogens is 2. The van der Waals surface area contributed by atoms with Crippen LogP contribution in [-0.4, -0.2) is 22.1 Å². The third kappa shape index (κ3) is 3.90. The van der Waals surface area contributed by atoms with Gasteiger partial charge in [-0.25, -0.2) is 4.98 Å². The van der Waals surface area contributed by atoms with Gasteiger partial charge in [0, 0.05) is 12.6 Å². The van der Waals surface area contributed by atoms with E-state index in [0.29, 0.717) is 18.0 Å². The number of rotatable bonds is 5. The van der Waals surface area contributed by atoms with Crippen LogP contribution >= 0.6 is 0 Å². The number of ether oxygens (including phenoxy) is 1. The van der Waals surface area contributed by atoms with Crippen LogP contribution < -0.4 is 10.1 Å². The Hall–Kier alpha value is -1.16. The Morgan fingerprint density at radius 1 is 1.11 bits per heavy atom. The van der Waals surface area contributed by atoms with Crippen molar-refractivity contribution in [2.75, 3.05) is 0 Å². The Morgan fingerprint density at radius 2 is 1.89 bits per heavy atom. The summed E-state index contributed by atoms with van der Waals surface area (Å²) in [5.74, 6) is 1.52.